The number of ether oxygens (including phenoxy) is 1. The molecule has 0 bridgehead atoms. The van der Waals surface area contributed by atoms with Crippen LogP contribution in [0.5, 0.6) is 5.75 Å². The normalized spacial score (nSPS) is 10.2. The molecule has 0 aliphatic heterocycles. The van der Waals surface area contributed by atoms with Crippen LogP contribution in [0.25, 0.3) is 0 Å². The minimum atomic E-state index is -0.260. The van der Waals surface area contributed by atoms with Gasteiger partial charge in [0.25, 0.3) is 5.91 Å². The number of hydrogen-bond donors (Lipinski definition) is 2. The molecule has 0 saturated heterocycles. The Hall–Kier alpha value is -1.75. The Kier molecular flexibility index (Phi) is 6.87. The van der Waals surface area contributed by atoms with E-state index < -0.39 is 0 Å². The lowest BCUT2D eigenvalue weighted by atomic mass is 10.2. The molecule has 1 aromatic carbocycles. The molecule has 0 unspecified atom stereocenters. The van der Waals surface area contributed by atoms with Crippen molar-refractivity contribution in [3.8, 4) is 5.75 Å². The molecule has 0 spiro atoms. The summed E-state index contributed by atoms with van der Waals surface area (Å²) in [4.78, 5) is 22.8. The monoisotopic (exact) mass is 298 g/mol. The van der Waals surface area contributed by atoms with E-state index in [0.717, 1.165) is 0 Å². The predicted octanol–water partition coefficient (Wildman–Crippen LogP) is 1.61. The minimum absolute atomic E-state index is 0.0356. The summed E-state index contributed by atoms with van der Waals surface area (Å²) in [6, 6.07) is 6.95. The second-order valence-corrected chi connectivity index (χ2v) is 4.92. The Balaban J connectivity index is 2.18. The van der Waals surface area contributed by atoms with Gasteiger partial charge in [0, 0.05) is 19.0 Å². The molecule has 2 N–H and O–H groups in total. The van der Waals surface area contributed by atoms with Crippen LogP contribution in [-0.2, 0) is 9.59 Å². The van der Waals surface area contributed by atoms with Gasteiger partial charge < -0.3 is 15.4 Å². The maximum atomic E-state index is 11.5. The number of carbonyl (C=O) groups is 2. The van der Waals surface area contributed by atoms with Crippen molar-refractivity contribution in [1.29, 1.82) is 0 Å². The van der Waals surface area contributed by atoms with Crippen LogP contribution >= 0.6 is 11.6 Å². The van der Waals surface area contributed by atoms with Gasteiger partial charge >= 0.3 is 0 Å². The molecule has 6 heteroatoms. The molecule has 0 atom stereocenters. The van der Waals surface area contributed by atoms with Crippen molar-refractivity contribution in [2.75, 3.05) is 19.7 Å². The molecular weight excluding hydrogens is 280 g/mol. The number of para-hydroxylation sites is 1. The van der Waals surface area contributed by atoms with E-state index in [2.05, 4.69) is 10.6 Å². The van der Waals surface area contributed by atoms with E-state index in [9.17, 15) is 9.59 Å². The Morgan fingerprint density at radius 3 is 2.50 bits per heavy atom. The summed E-state index contributed by atoms with van der Waals surface area (Å²) in [6.45, 7) is 4.27. The van der Waals surface area contributed by atoms with Gasteiger partial charge in [0.05, 0.1) is 5.02 Å². The first-order chi connectivity index (χ1) is 9.50. The van der Waals surface area contributed by atoms with Gasteiger partial charge in [-0.1, -0.05) is 37.6 Å². The lowest BCUT2D eigenvalue weighted by Crippen LogP contribution is -2.38. The largest absolute Gasteiger partial charge is 0.482 e. The maximum absolute atomic E-state index is 11.5. The molecule has 0 fully saturated rings. The van der Waals surface area contributed by atoms with Crippen LogP contribution in [-0.4, -0.2) is 31.5 Å². The smallest absolute Gasteiger partial charge is 0.258 e. The molecule has 0 heterocycles. The van der Waals surface area contributed by atoms with E-state index in [1.807, 2.05) is 13.8 Å². The molecule has 0 aliphatic carbocycles. The SMILES string of the molecule is CC(C)C(=O)NCCNC(=O)COc1ccccc1Cl. The Morgan fingerprint density at radius 2 is 1.85 bits per heavy atom. The van der Waals surface area contributed by atoms with E-state index in [-0.39, 0.29) is 24.3 Å². The van der Waals surface area contributed by atoms with Gasteiger partial charge in [-0.15, -0.1) is 0 Å². The van der Waals surface area contributed by atoms with Crippen LogP contribution in [0.2, 0.25) is 5.02 Å². The summed E-state index contributed by atoms with van der Waals surface area (Å²) < 4.78 is 5.28. The topological polar surface area (TPSA) is 67.4 Å². The fraction of sp³-hybridized carbons (Fsp3) is 0.429. The third-order valence-electron chi connectivity index (χ3n) is 2.47. The van der Waals surface area contributed by atoms with Gasteiger partial charge in [-0.3, -0.25) is 9.59 Å². The average molecular weight is 299 g/mol. The molecule has 1 rings (SSSR count). The molecule has 1 aromatic rings. The van der Waals surface area contributed by atoms with Crippen molar-refractivity contribution in [3.63, 3.8) is 0 Å². The molecule has 20 heavy (non-hydrogen) atoms. The van der Waals surface area contributed by atoms with Crippen LogP contribution in [0.1, 0.15) is 13.8 Å². The maximum Gasteiger partial charge on any atom is 0.258 e. The average Bonchev–Trinajstić information content (AvgIpc) is 2.42. The first-order valence-electron chi connectivity index (χ1n) is 6.42. The van der Waals surface area contributed by atoms with Crippen molar-refractivity contribution in [2.45, 2.75) is 13.8 Å². The molecule has 5 nitrogen and oxygen atoms in total. The van der Waals surface area contributed by atoms with Gasteiger partial charge in [-0.25, -0.2) is 0 Å². The van der Waals surface area contributed by atoms with Crippen LogP contribution in [0, 0.1) is 5.92 Å². The third-order valence-corrected chi connectivity index (χ3v) is 2.78. The fourth-order valence-electron chi connectivity index (χ4n) is 1.35. The fourth-order valence-corrected chi connectivity index (χ4v) is 1.54. The standard InChI is InChI=1S/C14H19ClN2O3/c1-10(2)14(19)17-8-7-16-13(18)9-20-12-6-4-3-5-11(12)15/h3-6,10H,7-9H2,1-2H3,(H,16,18)(H,17,19). The Morgan fingerprint density at radius 1 is 1.20 bits per heavy atom. The van der Waals surface area contributed by atoms with Crippen molar-refractivity contribution in [1.82, 2.24) is 10.6 Å². The number of amides is 2. The van der Waals surface area contributed by atoms with Crippen molar-refractivity contribution < 1.29 is 14.3 Å². The van der Waals surface area contributed by atoms with Crippen LogP contribution in [0.3, 0.4) is 0 Å². The summed E-state index contributed by atoms with van der Waals surface area (Å²) in [7, 11) is 0. The van der Waals surface area contributed by atoms with Crippen molar-refractivity contribution >= 4 is 23.4 Å². The van der Waals surface area contributed by atoms with Gasteiger partial charge in [0.1, 0.15) is 5.75 Å². The number of rotatable bonds is 7. The quantitative estimate of drug-likeness (QED) is 0.752. The first kappa shape index (κ1) is 16.3. The molecule has 0 aliphatic rings. The number of benzene rings is 1. The van der Waals surface area contributed by atoms with Crippen LogP contribution < -0.4 is 15.4 Å². The Bertz CT molecular complexity index is 463. The summed E-state index contributed by atoms with van der Waals surface area (Å²) >= 11 is 5.89. The number of halogens is 1. The number of carbonyl (C=O) groups excluding carboxylic acids is 2. The minimum Gasteiger partial charge on any atom is -0.482 e. The van der Waals surface area contributed by atoms with E-state index >= 15 is 0 Å². The predicted molar refractivity (Wildman–Crippen MR) is 77.8 cm³/mol. The zero-order valence-electron chi connectivity index (χ0n) is 11.6. The highest BCUT2D eigenvalue weighted by Crippen LogP contribution is 2.22. The molecule has 0 radical (unpaired) electrons. The van der Waals surface area contributed by atoms with Crippen LogP contribution in [0.15, 0.2) is 24.3 Å². The summed E-state index contributed by atoms with van der Waals surface area (Å²) in [5.74, 6) is 0.113. The van der Waals surface area contributed by atoms with E-state index in [1.54, 1.807) is 24.3 Å². The number of hydrogen-bond acceptors (Lipinski definition) is 3. The van der Waals surface area contributed by atoms with E-state index in [1.165, 1.54) is 0 Å². The first-order valence-corrected chi connectivity index (χ1v) is 6.80. The van der Waals surface area contributed by atoms with Gasteiger partial charge in [-0.2, -0.15) is 0 Å². The van der Waals surface area contributed by atoms with Crippen LogP contribution in [0.4, 0.5) is 0 Å². The van der Waals surface area contributed by atoms with Gasteiger partial charge in [-0.05, 0) is 12.1 Å². The van der Waals surface area contributed by atoms with Crippen molar-refractivity contribution in [2.24, 2.45) is 5.92 Å². The molecule has 0 saturated carbocycles. The Labute approximate surface area is 123 Å². The molecule has 110 valence electrons. The van der Waals surface area contributed by atoms with E-state index in [4.69, 9.17) is 16.3 Å². The van der Waals surface area contributed by atoms with Crippen molar-refractivity contribution in [3.05, 3.63) is 29.3 Å². The molecular formula is C14H19ClN2O3. The highest BCUT2D eigenvalue weighted by Gasteiger charge is 2.07. The number of nitrogens with one attached hydrogen (secondary N) is 2. The lowest BCUT2D eigenvalue weighted by Gasteiger charge is -2.10. The molecule has 2 amide bonds. The molecule has 0 aromatic heterocycles. The van der Waals surface area contributed by atoms with Gasteiger partial charge in [0.2, 0.25) is 5.91 Å². The summed E-state index contributed by atoms with van der Waals surface area (Å²) in [5, 5.41) is 5.81. The summed E-state index contributed by atoms with van der Waals surface area (Å²) in [6.07, 6.45) is 0. The second-order valence-electron chi connectivity index (χ2n) is 4.51. The highest BCUT2D eigenvalue weighted by atomic mass is 35.5. The second kappa shape index (κ2) is 8.43. The summed E-state index contributed by atoms with van der Waals surface area (Å²) in [5.41, 5.74) is 0. The van der Waals surface area contributed by atoms with Gasteiger partial charge in [0.15, 0.2) is 6.61 Å². The third kappa shape index (κ3) is 5.93. The zero-order valence-corrected chi connectivity index (χ0v) is 12.4. The highest BCUT2D eigenvalue weighted by molar-refractivity contribution is 6.32. The lowest BCUT2D eigenvalue weighted by molar-refractivity contribution is -0.125. The zero-order chi connectivity index (χ0) is 15.0. The van der Waals surface area contributed by atoms with E-state index in [0.29, 0.717) is 23.9 Å².